The predicted octanol–water partition coefficient (Wildman–Crippen LogP) is 2.23. The molecule has 0 spiro atoms. The van der Waals surface area contributed by atoms with Crippen LogP contribution in [0.5, 0.6) is 5.75 Å². The zero-order chi connectivity index (χ0) is 16.3. The van der Waals surface area contributed by atoms with E-state index < -0.39 is 30.9 Å². The van der Waals surface area contributed by atoms with Crippen LogP contribution in [0.15, 0.2) is 18.2 Å². The van der Waals surface area contributed by atoms with Crippen molar-refractivity contribution < 1.29 is 29.6 Å². The summed E-state index contributed by atoms with van der Waals surface area (Å²) in [6, 6.07) is 4.96. The number of methoxy groups -OCH3 is 1. The summed E-state index contributed by atoms with van der Waals surface area (Å²) in [6.07, 6.45) is 1.84. The van der Waals surface area contributed by atoms with Crippen molar-refractivity contribution in [3.63, 3.8) is 0 Å². The van der Waals surface area contributed by atoms with Crippen LogP contribution in [0.2, 0.25) is 0 Å². The van der Waals surface area contributed by atoms with Gasteiger partial charge in [0.2, 0.25) is 0 Å². The van der Waals surface area contributed by atoms with Gasteiger partial charge >= 0.3 is 132 Å². The summed E-state index contributed by atoms with van der Waals surface area (Å²) in [5.41, 5.74) is -4.73. The molecule has 0 fully saturated rings. The molecule has 0 bridgehead atoms. The Hall–Kier alpha value is -0.411. The van der Waals surface area contributed by atoms with E-state index in [-0.39, 0.29) is 5.25 Å². The van der Waals surface area contributed by atoms with Gasteiger partial charge in [0.1, 0.15) is 0 Å². The van der Waals surface area contributed by atoms with E-state index >= 15 is 0 Å². The molecule has 0 aliphatic carbocycles. The molecule has 0 radical (unpaired) electrons. The summed E-state index contributed by atoms with van der Waals surface area (Å²) < 4.78 is 68.5. The average Bonchev–Trinajstić information content (AvgIpc) is 2.42. The fourth-order valence-electron chi connectivity index (χ4n) is 1.35. The van der Waals surface area contributed by atoms with Crippen molar-refractivity contribution in [3.05, 3.63) is 23.8 Å². The van der Waals surface area contributed by atoms with E-state index in [1.807, 2.05) is 13.2 Å². The van der Waals surface area contributed by atoms with Crippen molar-refractivity contribution in [1.29, 1.82) is 0 Å². The molecular weight excluding hydrogens is 396 g/mol. The van der Waals surface area contributed by atoms with Crippen LogP contribution in [0.1, 0.15) is 17.7 Å². The first-order valence-corrected chi connectivity index (χ1v) is 9.76. The van der Waals surface area contributed by atoms with Crippen LogP contribution in [-0.2, 0) is 13.4 Å². The maximum atomic E-state index is 12.3. The first-order valence-electron chi connectivity index (χ1n) is 5.51. The molecule has 4 nitrogen and oxygen atoms in total. The summed E-state index contributed by atoms with van der Waals surface area (Å²) >= 11 is 0.103. The van der Waals surface area contributed by atoms with Crippen LogP contribution < -0.4 is 9.20 Å². The standard InChI is InChI=1S/C11H13F3O4S2Se/c1-7(19-3)8-5-4-6-9(17-2)10(8)21-18-20(15,16)11(12,13)14/h4-7H,1-3H3/t7-/m0/s1. The Bertz CT molecular complexity index is 590. The van der Waals surface area contributed by atoms with Gasteiger partial charge in [0.15, 0.2) is 0 Å². The van der Waals surface area contributed by atoms with E-state index in [9.17, 15) is 21.6 Å². The van der Waals surface area contributed by atoms with Crippen LogP contribution in [-0.4, -0.2) is 42.6 Å². The van der Waals surface area contributed by atoms with Gasteiger partial charge in [0.25, 0.3) is 0 Å². The van der Waals surface area contributed by atoms with Crippen molar-refractivity contribution in [1.82, 2.24) is 0 Å². The van der Waals surface area contributed by atoms with Gasteiger partial charge in [-0.1, -0.05) is 0 Å². The van der Waals surface area contributed by atoms with Gasteiger partial charge in [-0.2, -0.15) is 0 Å². The number of ether oxygens (including phenoxy) is 1. The average molecular weight is 409 g/mol. The fourth-order valence-corrected chi connectivity index (χ4v) is 4.88. The molecule has 1 aromatic carbocycles. The summed E-state index contributed by atoms with van der Waals surface area (Å²) in [6.45, 7) is 1.86. The molecular formula is C11H13F3O4S2Se. The van der Waals surface area contributed by atoms with Crippen LogP contribution in [0, 0.1) is 0 Å². The number of alkyl halides is 3. The quantitative estimate of drug-likeness (QED) is 0.533. The second-order valence-corrected chi connectivity index (χ2v) is 8.56. The van der Waals surface area contributed by atoms with Crippen molar-refractivity contribution in [2.75, 3.05) is 13.4 Å². The molecule has 0 heterocycles. The van der Waals surface area contributed by atoms with E-state index in [0.29, 0.717) is 15.8 Å². The first-order chi connectivity index (χ1) is 9.64. The van der Waals surface area contributed by atoms with Crippen LogP contribution >= 0.6 is 11.8 Å². The van der Waals surface area contributed by atoms with Crippen LogP contribution in [0.25, 0.3) is 0 Å². The molecule has 0 saturated heterocycles. The number of benzene rings is 1. The van der Waals surface area contributed by atoms with E-state index in [0.717, 1.165) is 0 Å². The number of rotatable bonds is 6. The first kappa shape index (κ1) is 18.6. The molecule has 0 aliphatic rings. The molecule has 0 N–H and O–H groups in total. The Kier molecular flexibility index (Phi) is 6.42. The van der Waals surface area contributed by atoms with Crippen molar-refractivity contribution in [2.24, 2.45) is 0 Å². The van der Waals surface area contributed by atoms with Gasteiger partial charge in [-0.15, -0.1) is 0 Å². The Morgan fingerprint density at radius 3 is 2.43 bits per heavy atom. The number of thioether (sulfide) groups is 1. The summed E-state index contributed by atoms with van der Waals surface area (Å²) in [4.78, 5) is 0. The van der Waals surface area contributed by atoms with Gasteiger partial charge in [-0.05, 0) is 0 Å². The van der Waals surface area contributed by atoms with Crippen molar-refractivity contribution >= 4 is 41.6 Å². The molecule has 10 heteroatoms. The third kappa shape index (κ3) is 4.53. The number of halogens is 3. The molecule has 120 valence electrons. The molecule has 1 atom stereocenters. The fraction of sp³-hybridized carbons (Fsp3) is 0.455. The molecule has 0 aliphatic heterocycles. The topological polar surface area (TPSA) is 52.6 Å². The van der Waals surface area contributed by atoms with E-state index in [1.165, 1.54) is 18.9 Å². The molecule has 0 aromatic heterocycles. The molecule has 0 saturated carbocycles. The van der Waals surface area contributed by atoms with Crippen molar-refractivity contribution in [2.45, 2.75) is 17.7 Å². The van der Waals surface area contributed by atoms with Gasteiger partial charge in [0, 0.05) is 0 Å². The Morgan fingerprint density at radius 2 is 1.95 bits per heavy atom. The zero-order valence-electron chi connectivity index (χ0n) is 11.3. The number of hydrogen-bond acceptors (Lipinski definition) is 5. The summed E-state index contributed by atoms with van der Waals surface area (Å²) in [5.74, 6) is 0.311. The Labute approximate surface area is 132 Å². The minimum atomic E-state index is -5.60. The van der Waals surface area contributed by atoms with E-state index in [2.05, 4.69) is 3.27 Å². The third-order valence-corrected chi connectivity index (χ3v) is 7.11. The number of hydrogen-bond donors (Lipinski definition) is 0. The molecule has 0 amide bonds. The Morgan fingerprint density at radius 1 is 1.33 bits per heavy atom. The summed E-state index contributed by atoms with van der Waals surface area (Å²) in [7, 11) is -4.24. The second-order valence-electron chi connectivity index (χ2n) is 3.81. The zero-order valence-corrected chi connectivity index (χ0v) is 14.6. The normalized spacial score (nSPS) is 14.0. The van der Waals surface area contributed by atoms with Gasteiger partial charge in [-0.25, -0.2) is 0 Å². The van der Waals surface area contributed by atoms with Crippen LogP contribution in [0.4, 0.5) is 13.2 Å². The predicted molar refractivity (Wildman–Crippen MR) is 76.4 cm³/mol. The Balaban J connectivity index is 3.13. The summed E-state index contributed by atoms with van der Waals surface area (Å²) in [5, 5.41) is -0.0332. The van der Waals surface area contributed by atoms with Gasteiger partial charge < -0.3 is 0 Å². The second kappa shape index (κ2) is 7.23. The third-order valence-electron chi connectivity index (χ3n) is 2.51. The van der Waals surface area contributed by atoms with Gasteiger partial charge in [0.05, 0.1) is 0 Å². The van der Waals surface area contributed by atoms with Crippen LogP contribution in [0.3, 0.4) is 0 Å². The monoisotopic (exact) mass is 410 g/mol. The molecule has 0 unspecified atom stereocenters. The van der Waals surface area contributed by atoms with Gasteiger partial charge in [-0.3, -0.25) is 0 Å². The SMILES string of the molecule is COc1cccc([C@H](C)SC)c1[Se]OS(=O)(=O)C(F)(F)F. The molecule has 1 rings (SSSR count). The van der Waals surface area contributed by atoms with E-state index in [4.69, 9.17) is 4.74 Å². The molecule has 1 aromatic rings. The van der Waals surface area contributed by atoms with E-state index in [1.54, 1.807) is 18.2 Å². The maximum absolute atomic E-state index is 12.3. The van der Waals surface area contributed by atoms with Crippen molar-refractivity contribution in [3.8, 4) is 5.75 Å². The molecule has 21 heavy (non-hydrogen) atoms. The minimum absolute atomic E-state index is 0.0332.